The van der Waals surface area contributed by atoms with Crippen LogP contribution in [-0.2, 0) is 23.7 Å². The van der Waals surface area contributed by atoms with Crippen molar-refractivity contribution in [3.63, 3.8) is 0 Å². The normalized spacial score (nSPS) is 20.5. The van der Waals surface area contributed by atoms with Crippen LogP contribution in [0.25, 0.3) is 0 Å². The van der Waals surface area contributed by atoms with Gasteiger partial charge in [-0.05, 0) is 48.5 Å². The van der Waals surface area contributed by atoms with E-state index in [1.54, 1.807) is 84.9 Å². The molecular formula is C35H29NO9S. The summed E-state index contributed by atoms with van der Waals surface area (Å²) in [6.07, 6.45) is -7.01. The molecule has 2 N–H and O–H groups in total. The van der Waals surface area contributed by atoms with Gasteiger partial charge in [-0.25, -0.2) is 19.2 Å². The van der Waals surface area contributed by atoms with Crippen LogP contribution in [0.4, 0.5) is 0 Å². The van der Waals surface area contributed by atoms with Crippen molar-refractivity contribution in [2.45, 2.75) is 30.5 Å². The zero-order chi connectivity index (χ0) is 32.5. The summed E-state index contributed by atoms with van der Waals surface area (Å²) in [5.41, 5.74) is 6.90. The van der Waals surface area contributed by atoms with Gasteiger partial charge >= 0.3 is 23.9 Å². The molecule has 0 spiro atoms. The van der Waals surface area contributed by atoms with E-state index in [0.717, 1.165) is 0 Å². The van der Waals surface area contributed by atoms with E-state index in [-0.39, 0.29) is 27.2 Å². The molecule has 4 aromatic carbocycles. The summed E-state index contributed by atoms with van der Waals surface area (Å²) in [5, 5.41) is 0. The van der Waals surface area contributed by atoms with Crippen LogP contribution in [0.15, 0.2) is 121 Å². The summed E-state index contributed by atoms with van der Waals surface area (Å²) >= 11 is 5.30. The van der Waals surface area contributed by atoms with Gasteiger partial charge in [-0.15, -0.1) is 0 Å². The van der Waals surface area contributed by atoms with Crippen LogP contribution in [-0.4, -0.2) is 66.0 Å². The Bertz CT molecular complexity index is 1670. The van der Waals surface area contributed by atoms with Crippen LogP contribution in [0.3, 0.4) is 0 Å². The molecule has 0 aromatic heterocycles. The molecule has 0 amide bonds. The fraction of sp³-hybridized carbons (Fsp3) is 0.171. The first-order valence-electron chi connectivity index (χ1n) is 14.3. The van der Waals surface area contributed by atoms with E-state index in [9.17, 15) is 19.2 Å². The molecule has 0 saturated carbocycles. The molecule has 0 aliphatic carbocycles. The lowest BCUT2D eigenvalue weighted by molar-refractivity contribution is -0.212. The molecule has 1 heterocycles. The number of ether oxygens (including phenoxy) is 5. The smallest absolute Gasteiger partial charge is 0.338 e. The van der Waals surface area contributed by atoms with Gasteiger partial charge in [0.1, 0.15) is 23.8 Å². The van der Waals surface area contributed by atoms with Crippen LogP contribution in [0.5, 0.6) is 0 Å². The third-order valence-electron chi connectivity index (χ3n) is 7.06. The average Bonchev–Trinajstić information content (AvgIpc) is 3.10. The number of carbonyl (C=O) groups is 4. The van der Waals surface area contributed by atoms with Gasteiger partial charge in [0.2, 0.25) is 0 Å². The van der Waals surface area contributed by atoms with Gasteiger partial charge in [0.15, 0.2) is 18.3 Å². The largest absolute Gasteiger partial charge is 0.459 e. The van der Waals surface area contributed by atoms with Crippen molar-refractivity contribution in [2.24, 2.45) is 5.73 Å². The van der Waals surface area contributed by atoms with Crippen LogP contribution in [0, 0.1) is 0 Å². The predicted molar refractivity (Wildman–Crippen MR) is 169 cm³/mol. The molecule has 1 aliphatic rings. The predicted octanol–water partition coefficient (Wildman–Crippen LogP) is 4.57. The molecule has 10 nitrogen and oxygen atoms in total. The highest BCUT2D eigenvalue weighted by Crippen LogP contribution is 2.31. The Hall–Kier alpha value is -5.39. The minimum Gasteiger partial charge on any atom is -0.459 e. The number of rotatable bonds is 10. The van der Waals surface area contributed by atoms with E-state index in [1.165, 1.54) is 36.4 Å². The lowest BCUT2D eigenvalue weighted by Gasteiger charge is -2.44. The molecule has 5 atom stereocenters. The molecule has 46 heavy (non-hydrogen) atoms. The fourth-order valence-electron chi connectivity index (χ4n) is 4.80. The Balaban J connectivity index is 1.53. The number of benzene rings is 4. The highest BCUT2D eigenvalue weighted by atomic mass is 32.1. The summed E-state index contributed by atoms with van der Waals surface area (Å²) in [6.45, 7) is -0.460. The van der Waals surface area contributed by atoms with Gasteiger partial charge in [0.05, 0.1) is 22.3 Å². The van der Waals surface area contributed by atoms with Gasteiger partial charge in [0, 0.05) is 0 Å². The molecule has 5 rings (SSSR count). The molecule has 1 aliphatic heterocycles. The molecule has 0 bridgehead atoms. The Morgan fingerprint density at radius 3 is 1.28 bits per heavy atom. The standard InChI is InChI=1S/C35H29NO9S/c36-31(46)30-29(45-35(40)25-19-11-4-12-20-25)28(44-34(39)24-17-9-3-10-18-24)27(43-33(38)23-15-7-2-8-16-23)26(42-30)21-41-32(37)22-13-5-1-6-14-22/h1-20,26-30H,21H2,(H2,36,46)/t26-,27-,28+,29-,30-/m1/s1. The number of hydrogen-bond acceptors (Lipinski definition) is 10. The minimum atomic E-state index is -1.51. The van der Waals surface area contributed by atoms with Crippen molar-refractivity contribution < 1.29 is 42.9 Å². The number of esters is 4. The Kier molecular flexibility index (Phi) is 10.5. The average molecular weight is 640 g/mol. The summed E-state index contributed by atoms with van der Waals surface area (Å²) in [7, 11) is 0. The van der Waals surface area contributed by atoms with Gasteiger partial charge in [-0.3, -0.25) is 0 Å². The number of thiocarbonyl (C=S) groups is 1. The molecule has 0 unspecified atom stereocenters. The molecule has 234 valence electrons. The lowest BCUT2D eigenvalue weighted by Crippen LogP contribution is -2.65. The highest BCUT2D eigenvalue weighted by Gasteiger charge is 2.54. The second-order valence-corrected chi connectivity index (χ2v) is 10.6. The topological polar surface area (TPSA) is 140 Å². The summed E-state index contributed by atoms with van der Waals surface area (Å²) in [4.78, 5) is 52.8. The van der Waals surface area contributed by atoms with Gasteiger partial charge < -0.3 is 29.4 Å². The van der Waals surface area contributed by atoms with Crippen molar-refractivity contribution in [3.8, 4) is 0 Å². The first-order valence-corrected chi connectivity index (χ1v) is 14.7. The summed E-state index contributed by atoms with van der Waals surface area (Å²) in [5.74, 6) is -3.08. The second kappa shape index (κ2) is 15.1. The molecule has 1 saturated heterocycles. The third kappa shape index (κ3) is 7.81. The van der Waals surface area contributed by atoms with Gasteiger partial charge in [0.25, 0.3) is 0 Å². The summed E-state index contributed by atoms with van der Waals surface area (Å²) in [6, 6.07) is 32.5. The molecular weight excluding hydrogens is 610 g/mol. The highest BCUT2D eigenvalue weighted by molar-refractivity contribution is 7.80. The van der Waals surface area contributed by atoms with E-state index in [0.29, 0.717) is 0 Å². The minimum absolute atomic E-state index is 0.175. The Morgan fingerprint density at radius 1 is 0.543 bits per heavy atom. The Labute approximate surface area is 270 Å². The van der Waals surface area contributed by atoms with E-state index in [1.807, 2.05) is 0 Å². The first kappa shape index (κ1) is 32.0. The van der Waals surface area contributed by atoms with Crippen molar-refractivity contribution in [3.05, 3.63) is 144 Å². The SMILES string of the molecule is NC(=S)[C@@H]1O[C@H](COC(=O)c2ccccc2)[C@@H](OC(=O)c2ccccc2)[C@H](OC(=O)c2ccccc2)[C@H]1OC(=O)c1ccccc1. The lowest BCUT2D eigenvalue weighted by atomic mass is 9.93. The zero-order valence-corrected chi connectivity index (χ0v) is 25.1. The van der Waals surface area contributed by atoms with Crippen LogP contribution in [0.2, 0.25) is 0 Å². The maximum Gasteiger partial charge on any atom is 0.338 e. The van der Waals surface area contributed by atoms with E-state index in [4.69, 9.17) is 41.6 Å². The Morgan fingerprint density at radius 2 is 0.891 bits per heavy atom. The molecule has 11 heteroatoms. The summed E-state index contributed by atoms with van der Waals surface area (Å²) < 4.78 is 29.4. The molecule has 1 fully saturated rings. The molecule has 0 radical (unpaired) electrons. The zero-order valence-electron chi connectivity index (χ0n) is 24.3. The second-order valence-electron chi connectivity index (χ2n) is 10.2. The monoisotopic (exact) mass is 639 g/mol. The van der Waals surface area contributed by atoms with Crippen LogP contribution in [0.1, 0.15) is 41.4 Å². The number of hydrogen-bond donors (Lipinski definition) is 1. The van der Waals surface area contributed by atoms with Crippen molar-refractivity contribution in [1.29, 1.82) is 0 Å². The van der Waals surface area contributed by atoms with E-state index < -0.39 is 61.0 Å². The van der Waals surface area contributed by atoms with Crippen LogP contribution >= 0.6 is 12.2 Å². The van der Waals surface area contributed by atoms with Gasteiger partial charge in [-0.2, -0.15) is 0 Å². The van der Waals surface area contributed by atoms with E-state index >= 15 is 0 Å². The van der Waals surface area contributed by atoms with E-state index in [2.05, 4.69) is 0 Å². The van der Waals surface area contributed by atoms with Crippen molar-refractivity contribution in [2.75, 3.05) is 6.61 Å². The maximum absolute atomic E-state index is 13.5. The van der Waals surface area contributed by atoms with Gasteiger partial charge in [-0.1, -0.05) is 85.0 Å². The fourth-order valence-corrected chi connectivity index (χ4v) is 4.99. The number of nitrogens with two attached hydrogens (primary N) is 1. The van der Waals surface area contributed by atoms with Crippen molar-refractivity contribution >= 4 is 41.1 Å². The number of carbonyl (C=O) groups excluding carboxylic acids is 4. The quantitative estimate of drug-likeness (QED) is 0.148. The van der Waals surface area contributed by atoms with Crippen molar-refractivity contribution in [1.82, 2.24) is 0 Å². The van der Waals surface area contributed by atoms with Crippen LogP contribution < -0.4 is 5.73 Å². The third-order valence-corrected chi connectivity index (χ3v) is 7.29. The molecule has 4 aromatic rings. The first-order chi connectivity index (χ1) is 22.3. The maximum atomic E-state index is 13.5.